The summed E-state index contributed by atoms with van der Waals surface area (Å²) in [4.78, 5) is 28.6. The number of carbonyl (C=O) groups excluding carboxylic acids is 2. The van der Waals surface area contributed by atoms with Crippen LogP contribution in [0.1, 0.15) is 18.4 Å². The van der Waals surface area contributed by atoms with Gasteiger partial charge in [-0.3, -0.25) is 9.59 Å². The summed E-state index contributed by atoms with van der Waals surface area (Å²) in [7, 11) is 1.59. The summed E-state index contributed by atoms with van der Waals surface area (Å²) in [6.45, 7) is 3.38. The van der Waals surface area contributed by atoms with E-state index in [1.165, 1.54) is 6.08 Å². The van der Waals surface area contributed by atoms with Gasteiger partial charge in [0, 0.05) is 18.7 Å². The topological polar surface area (TPSA) is 93.5 Å². The average Bonchev–Trinajstić information content (AvgIpc) is 3.06. The average molecular weight is 379 g/mol. The lowest BCUT2D eigenvalue weighted by Gasteiger charge is -2.13. The zero-order valence-corrected chi connectivity index (χ0v) is 15.9. The number of fused-ring (bicyclic) bond motifs is 1. The number of anilines is 1. The molecular weight excluding hydrogens is 358 g/mol. The normalized spacial score (nSPS) is 12.1. The molecule has 1 unspecified atom stereocenters. The van der Waals surface area contributed by atoms with Crippen LogP contribution in [0.15, 0.2) is 53.0 Å². The molecule has 0 saturated heterocycles. The molecule has 7 heteroatoms. The summed E-state index contributed by atoms with van der Waals surface area (Å²) in [5.41, 5.74) is 2.75. The van der Waals surface area contributed by atoms with Crippen molar-refractivity contribution in [1.29, 1.82) is 0 Å². The van der Waals surface area contributed by atoms with Crippen molar-refractivity contribution in [3.8, 4) is 5.75 Å². The summed E-state index contributed by atoms with van der Waals surface area (Å²) in [5, 5.41) is 5.40. The van der Waals surface area contributed by atoms with Crippen LogP contribution in [0.4, 0.5) is 5.69 Å². The van der Waals surface area contributed by atoms with Crippen molar-refractivity contribution in [2.75, 3.05) is 12.4 Å². The van der Waals surface area contributed by atoms with Crippen LogP contribution in [0.25, 0.3) is 17.2 Å². The Kier molecular flexibility index (Phi) is 5.74. The molecule has 2 N–H and O–H groups in total. The largest absolute Gasteiger partial charge is 0.497 e. The Morgan fingerprint density at radius 3 is 2.64 bits per heavy atom. The second kappa shape index (κ2) is 8.39. The van der Waals surface area contributed by atoms with E-state index in [1.807, 2.05) is 12.1 Å². The number of carbonyl (C=O) groups is 2. The van der Waals surface area contributed by atoms with Gasteiger partial charge in [-0.15, -0.1) is 0 Å². The third kappa shape index (κ3) is 4.76. The predicted molar refractivity (Wildman–Crippen MR) is 107 cm³/mol. The minimum atomic E-state index is -0.706. The first-order valence-electron chi connectivity index (χ1n) is 8.75. The molecule has 28 heavy (non-hydrogen) atoms. The van der Waals surface area contributed by atoms with Gasteiger partial charge < -0.3 is 19.8 Å². The number of aryl methyl sites for hydroxylation is 1. The first kappa shape index (κ1) is 19.2. The van der Waals surface area contributed by atoms with Gasteiger partial charge in [0.15, 0.2) is 11.5 Å². The van der Waals surface area contributed by atoms with Gasteiger partial charge in [0.2, 0.25) is 11.8 Å². The van der Waals surface area contributed by atoms with Crippen LogP contribution >= 0.6 is 0 Å². The van der Waals surface area contributed by atoms with E-state index < -0.39 is 6.04 Å². The highest BCUT2D eigenvalue weighted by molar-refractivity contribution is 6.00. The number of oxazole rings is 1. The first-order chi connectivity index (χ1) is 13.4. The van der Waals surface area contributed by atoms with E-state index in [9.17, 15) is 9.59 Å². The van der Waals surface area contributed by atoms with Gasteiger partial charge in [0.25, 0.3) is 0 Å². The number of hydrogen-bond donors (Lipinski definition) is 2. The van der Waals surface area contributed by atoms with Gasteiger partial charge in [-0.05, 0) is 48.9 Å². The van der Waals surface area contributed by atoms with Crippen LogP contribution in [0.5, 0.6) is 5.75 Å². The quantitative estimate of drug-likeness (QED) is 0.641. The van der Waals surface area contributed by atoms with Gasteiger partial charge in [0.05, 0.1) is 7.11 Å². The number of ether oxygens (including phenoxy) is 1. The van der Waals surface area contributed by atoms with E-state index in [2.05, 4.69) is 15.6 Å². The second-order valence-electron chi connectivity index (χ2n) is 6.24. The van der Waals surface area contributed by atoms with Crippen molar-refractivity contribution >= 4 is 34.7 Å². The van der Waals surface area contributed by atoms with E-state index in [4.69, 9.17) is 9.15 Å². The number of rotatable bonds is 6. The van der Waals surface area contributed by atoms with Gasteiger partial charge in [-0.1, -0.05) is 12.1 Å². The fourth-order valence-electron chi connectivity index (χ4n) is 2.58. The maximum absolute atomic E-state index is 12.3. The number of benzene rings is 2. The molecule has 0 aliphatic rings. The molecule has 0 saturated carbocycles. The van der Waals surface area contributed by atoms with Crippen molar-refractivity contribution in [2.24, 2.45) is 0 Å². The Morgan fingerprint density at radius 2 is 1.93 bits per heavy atom. The molecule has 3 aromatic rings. The Morgan fingerprint density at radius 1 is 1.18 bits per heavy atom. The maximum Gasteiger partial charge on any atom is 0.246 e. The van der Waals surface area contributed by atoms with Crippen molar-refractivity contribution in [3.05, 3.63) is 60.0 Å². The monoisotopic (exact) mass is 379 g/mol. The van der Waals surface area contributed by atoms with Crippen LogP contribution in [-0.4, -0.2) is 29.9 Å². The molecule has 1 aromatic heterocycles. The number of hydrogen-bond acceptors (Lipinski definition) is 5. The molecule has 0 radical (unpaired) electrons. The molecule has 7 nitrogen and oxygen atoms in total. The standard InChI is InChI=1S/C21H21N3O4/c1-13(22-20(25)11-6-15-4-8-17(27-3)9-5-15)21(26)24-16-7-10-19-18(12-16)23-14(2)28-19/h4-13H,1-3H3,(H,22,25)(H,24,26)/b11-6+. The zero-order valence-electron chi connectivity index (χ0n) is 15.9. The molecular formula is C21H21N3O4. The minimum absolute atomic E-state index is 0.328. The van der Waals surface area contributed by atoms with Crippen LogP contribution in [0.3, 0.4) is 0 Å². The smallest absolute Gasteiger partial charge is 0.246 e. The summed E-state index contributed by atoms with van der Waals surface area (Å²) < 4.78 is 10.5. The van der Waals surface area contributed by atoms with Gasteiger partial charge >= 0.3 is 0 Å². The molecule has 2 amide bonds. The molecule has 0 aliphatic carbocycles. The predicted octanol–water partition coefficient (Wildman–Crippen LogP) is 3.30. The molecule has 0 aliphatic heterocycles. The fraction of sp³-hybridized carbons (Fsp3) is 0.190. The van der Waals surface area contributed by atoms with Gasteiger partial charge in [-0.2, -0.15) is 0 Å². The van der Waals surface area contributed by atoms with Crippen LogP contribution in [0.2, 0.25) is 0 Å². The van der Waals surface area contributed by atoms with Crippen LogP contribution in [-0.2, 0) is 9.59 Å². The van der Waals surface area contributed by atoms with E-state index in [0.29, 0.717) is 22.7 Å². The number of nitrogens with zero attached hydrogens (tertiary/aromatic N) is 1. The molecule has 1 heterocycles. The van der Waals surface area contributed by atoms with Crippen molar-refractivity contribution in [3.63, 3.8) is 0 Å². The summed E-state index contributed by atoms with van der Waals surface area (Å²) in [5.74, 6) is 0.612. The van der Waals surface area contributed by atoms with Gasteiger partial charge in [0.1, 0.15) is 17.3 Å². The highest BCUT2D eigenvalue weighted by Crippen LogP contribution is 2.19. The fourth-order valence-corrected chi connectivity index (χ4v) is 2.58. The molecule has 0 bridgehead atoms. The van der Waals surface area contributed by atoms with Crippen molar-refractivity contribution < 1.29 is 18.7 Å². The van der Waals surface area contributed by atoms with E-state index >= 15 is 0 Å². The van der Waals surface area contributed by atoms with Gasteiger partial charge in [-0.25, -0.2) is 4.98 Å². The first-order valence-corrected chi connectivity index (χ1v) is 8.75. The van der Waals surface area contributed by atoms with E-state index in [-0.39, 0.29) is 11.8 Å². The molecule has 2 aromatic carbocycles. The molecule has 144 valence electrons. The van der Waals surface area contributed by atoms with Crippen molar-refractivity contribution in [1.82, 2.24) is 10.3 Å². The summed E-state index contributed by atoms with van der Waals surface area (Å²) in [6.07, 6.45) is 3.05. The second-order valence-corrected chi connectivity index (χ2v) is 6.24. The summed E-state index contributed by atoms with van der Waals surface area (Å²) in [6, 6.07) is 11.8. The zero-order chi connectivity index (χ0) is 20.1. The van der Waals surface area contributed by atoms with E-state index in [1.54, 1.807) is 57.4 Å². The lowest BCUT2D eigenvalue weighted by Crippen LogP contribution is -2.40. The molecule has 3 rings (SSSR count). The number of nitrogens with one attached hydrogen (secondary N) is 2. The van der Waals surface area contributed by atoms with E-state index in [0.717, 1.165) is 11.3 Å². The maximum atomic E-state index is 12.3. The SMILES string of the molecule is COc1ccc(/C=C/C(=O)NC(C)C(=O)Nc2ccc3oc(C)nc3c2)cc1. The Hall–Kier alpha value is -3.61. The molecule has 1 atom stereocenters. The minimum Gasteiger partial charge on any atom is -0.497 e. The van der Waals surface area contributed by atoms with Crippen LogP contribution in [0, 0.1) is 6.92 Å². The van der Waals surface area contributed by atoms with Crippen molar-refractivity contribution in [2.45, 2.75) is 19.9 Å². The highest BCUT2D eigenvalue weighted by Gasteiger charge is 2.15. The number of methoxy groups -OCH3 is 1. The molecule has 0 fully saturated rings. The lowest BCUT2D eigenvalue weighted by molar-refractivity contribution is -0.123. The van der Waals surface area contributed by atoms with Crippen LogP contribution < -0.4 is 15.4 Å². The summed E-state index contributed by atoms with van der Waals surface area (Å²) >= 11 is 0. The Labute approximate surface area is 162 Å². The number of aromatic nitrogens is 1. The molecule has 0 spiro atoms. The lowest BCUT2D eigenvalue weighted by atomic mass is 10.2. The Balaban J connectivity index is 1.56. The highest BCUT2D eigenvalue weighted by atomic mass is 16.5. The Bertz CT molecular complexity index is 1020. The third-order valence-electron chi connectivity index (χ3n) is 4.06. The third-order valence-corrected chi connectivity index (χ3v) is 4.06. The number of amides is 2.